The number of rotatable bonds is 6. The molecule has 1 aliphatic rings. The van der Waals surface area contributed by atoms with Crippen molar-refractivity contribution >= 4 is 17.5 Å². The molecule has 2 aromatic rings. The summed E-state index contributed by atoms with van der Waals surface area (Å²) in [6.45, 7) is 1.79. The first-order valence-electron chi connectivity index (χ1n) is 8.99. The van der Waals surface area contributed by atoms with Gasteiger partial charge in [0, 0.05) is 18.0 Å². The normalized spacial score (nSPS) is 16.9. The second kappa shape index (κ2) is 8.20. The number of halogens is 1. The van der Waals surface area contributed by atoms with Crippen LogP contribution < -0.4 is 15.4 Å². The highest BCUT2D eigenvalue weighted by Gasteiger charge is 2.26. The second-order valence-electron chi connectivity index (χ2n) is 6.77. The standard InChI is InChI=1S/C21H23FN2O3/c1-13(14-7-9-19(27-2)17(22)12-14)23-20(25)10-8-16-11-15-5-3-4-6-18(15)24-21(16)26/h3-7,9,12-13,16H,8,10-11H2,1-2H3,(H,23,25)(H,24,26). The molecule has 6 heteroatoms. The van der Waals surface area contributed by atoms with Gasteiger partial charge in [0.2, 0.25) is 11.8 Å². The summed E-state index contributed by atoms with van der Waals surface area (Å²) in [5, 5.41) is 5.75. The number of fused-ring (bicyclic) bond motifs is 1. The lowest BCUT2D eigenvalue weighted by molar-refractivity contribution is -0.123. The molecule has 0 fully saturated rings. The largest absolute Gasteiger partial charge is 0.494 e. The molecule has 5 nitrogen and oxygen atoms in total. The minimum atomic E-state index is -0.464. The first kappa shape index (κ1) is 18.9. The van der Waals surface area contributed by atoms with Crippen LogP contribution in [0.5, 0.6) is 5.75 Å². The van der Waals surface area contributed by atoms with Crippen molar-refractivity contribution in [3.8, 4) is 5.75 Å². The van der Waals surface area contributed by atoms with Gasteiger partial charge in [0.05, 0.1) is 13.2 Å². The third-order valence-electron chi connectivity index (χ3n) is 4.89. The lowest BCUT2D eigenvalue weighted by atomic mass is 9.89. The summed E-state index contributed by atoms with van der Waals surface area (Å²) in [5.74, 6) is -0.731. The van der Waals surface area contributed by atoms with E-state index in [1.807, 2.05) is 24.3 Å². The van der Waals surface area contributed by atoms with E-state index in [2.05, 4.69) is 10.6 Å². The van der Waals surface area contributed by atoms with Gasteiger partial charge in [-0.05, 0) is 49.1 Å². The van der Waals surface area contributed by atoms with E-state index in [9.17, 15) is 14.0 Å². The van der Waals surface area contributed by atoms with Gasteiger partial charge >= 0.3 is 0 Å². The van der Waals surface area contributed by atoms with Gasteiger partial charge in [-0.3, -0.25) is 9.59 Å². The zero-order valence-corrected chi connectivity index (χ0v) is 15.4. The minimum absolute atomic E-state index is 0.0493. The van der Waals surface area contributed by atoms with Crippen LogP contribution >= 0.6 is 0 Å². The number of ether oxygens (including phenoxy) is 1. The number of para-hydroxylation sites is 1. The van der Waals surface area contributed by atoms with E-state index in [4.69, 9.17) is 4.74 Å². The molecular weight excluding hydrogens is 347 g/mol. The summed E-state index contributed by atoms with van der Waals surface area (Å²) >= 11 is 0. The molecule has 0 aromatic heterocycles. The molecule has 2 unspecified atom stereocenters. The molecule has 2 amide bonds. The van der Waals surface area contributed by atoms with Gasteiger partial charge in [-0.15, -0.1) is 0 Å². The highest BCUT2D eigenvalue weighted by molar-refractivity contribution is 5.96. The molecule has 1 heterocycles. The quantitative estimate of drug-likeness (QED) is 0.816. The topological polar surface area (TPSA) is 67.4 Å². The summed E-state index contributed by atoms with van der Waals surface area (Å²) in [6.07, 6.45) is 1.34. The van der Waals surface area contributed by atoms with Crippen molar-refractivity contribution in [1.29, 1.82) is 0 Å². The molecule has 2 N–H and O–H groups in total. The van der Waals surface area contributed by atoms with Gasteiger partial charge in [0.15, 0.2) is 11.6 Å². The Kier molecular flexibility index (Phi) is 5.74. The summed E-state index contributed by atoms with van der Waals surface area (Å²) in [4.78, 5) is 24.5. The van der Waals surface area contributed by atoms with Crippen LogP contribution in [0.1, 0.15) is 36.9 Å². The highest BCUT2D eigenvalue weighted by Crippen LogP contribution is 2.27. The van der Waals surface area contributed by atoms with Crippen LogP contribution in [0.3, 0.4) is 0 Å². The van der Waals surface area contributed by atoms with Crippen molar-refractivity contribution in [2.75, 3.05) is 12.4 Å². The van der Waals surface area contributed by atoms with E-state index >= 15 is 0 Å². The molecule has 0 saturated carbocycles. The predicted octanol–water partition coefficient (Wildman–Crippen LogP) is 3.60. The smallest absolute Gasteiger partial charge is 0.227 e. The molecule has 0 saturated heterocycles. The number of anilines is 1. The van der Waals surface area contributed by atoms with Gasteiger partial charge < -0.3 is 15.4 Å². The maximum atomic E-state index is 13.8. The Labute approximate surface area is 157 Å². The highest BCUT2D eigenvalue weighted by atomic mass is 19.1. The van der Waals surface area contributed by atoms with Crippen molar-refractivity contribution in [2.45, 2.75) is 32.2 Å². The van der Waals surface area contributed by atoms with Gasteiger partial charge in [0.1, 0.15) is 0 Å². The first-order valence-corrected chi connectivity index (χ1v) is 8.99. The molecule has 2 aromatic carbocycles. The van der Waals surface area contributed by atoms with Gasteiger partial charge in [-0.1, -0.05) is 24.3 Å². The zero-order chi connectivity index (χ0) is 19.4. The van der Waals surface area contributed by atoms with Gasteiger partial charge in [-0.2, -0.15) is 0 Å². The Morgan fingerprint density at radius 3 is 2.85 bits per heavy atom. The average molecular weight is 370 g/mol. The van der Waals surface area contributed by atoms with Crippen molar-refractivity contribution in [2.24, 2.45) is 5.92 Å². The maximum absolute atomic E-state index is 13.8. The fourth-order valence-electron chi connectivity index (χ4n) is 3.30. The number of amides is 2. The summed E-state index contributed by atoms with van der Waals surface area (Å²) in [6, 6.07) is 12.0. The number of carbonyl (C=O) groups is 2. The fraction of sp³-hybridized carbons (Fsp3) is 0.333. The Morgan fingerprint density at radius 1 is 1.33 bits per heavy atom. The van der Waals surface area contributed by atoms with Crippen LogP contribution in [0.2, 0.25) is 0 Å². The van der Waals surface area contributed by atoms with Crippen molar-refractivity contribution in [3.63, 3.8) is 0 Å². The minimum Gasteiger partial charge on any atom is -0.494 e. The van der Waals surface area contributed by atoms with E-state index in [0.717, 1.165) is 11.3 Å². The molecule has 0 spiro atoms. The first-order chi connectivity index (χ1) is 13.0. The molecule has 0 radical (unpaired) electrons. The lowest BCUT2D eigenvalue weighted by Crippen LogP contribution is -2.32. The average Bonchev–Trinajstić information content (AvgIpc) is 2.66. The molecule has 3 rings (SSSR count). The Balaban J connectivity index is 1.54. The molecular formula is C21H23FN2O3. The Morgan fingerprint density at radius 2 is 2.11 bits per heavy atom. The van der Waals surface area contributed by atoms with E-state index in [0.29, 0.717) is 18.4 Å². The van der Waals surface area contributed by atoms with Gasteiger partial charge in [0.25, 0.3) is 0 Å². The Bertz CT molecular complexity index is 853. The Hall–Kier alpha value is -2.89. The number of hydrogen-bond donors (Lipinski definition) is 2. The molecule has 0 aliphatic carbocycles. The summed E-state index contributed by atoms with van der Waals surface area (Å²) < 4.78 is 18.7. The molecule has 142 valence electrons. The molecule has 27 heavy (non-hydrogen) atoms. The molecule has 1 aliphatic heterocycles. The van der Waals surface area contributed by atoms with Crippen LogP contribution in [0.25, 0.3) is 0 Å². The van der Waals surface area contributed by atoms with E-state index in [1.165, 1.54) is 19.2 Å². The van der Waals surface area contributed by atoms with Crippen LogP contribution in [-0.2, 0) is 16.0 Å². The van der Waals surface area contributed by atoms with E-state index in [-0.39, 0.29) is 35.9 Å². The third-order valence-corrected chi connectivity index (χ3v) is 4.89. The number of methoxy groups -OCH3 is 1. The van der Waals surface area contributed by atoms with E-state index in [1.54, 1.807) is 13.0 Å². The number of hydrogen-bond acceptors (Lipinski definition) is 3. The number of carbonyl (C=O) groups excluding carboxylic acids is 2. The second-order valence-corrected chi connectivity index (χ2v) is 6.77. The predicted molar refractivity (Wildman–Crippen MR) is 101 cm³/mol. The van der Waals surface area contributed by atoms with E-state index < -0.39 is 5.82 Å². The summed E-state index contributed by atoms with van der Waals surface area (Å²) in [7, 11) is 1.41. The third kappa shape index (κ3) is 4.45. The fourth-order valence-corrected chi connectivity index (χ4v) is 3.30. The number of benzene rings is 2. The SMILES string of the molecule is COc1ccc(C(C)NC(=O)CCC2Cc3ccccc3NC2=O)cc1F. The number of nitrogens with one attached hydrogen (secondary N) is 2. The summed E-state index contributed by atoms with van der Waals surface area (Å²) in [5.41, 5.74) is 2.59. The monoisotopic (exact) mass is 370 g/mol. The molecule has 0 bridgehead atoms. The van der Waals surface area contributed by atoms with Crippen LogP contribution in [0, 0.1) is 11.7 Å². The van der Waals surface area contributed by atoms with Crippen molar-refractivity contribution in [3.05, 3.63) is 59.4 Å². The lowest BCUT2D eigenvalue weighted by Gasteiger charge is -2.24. The van der Waals surface area contributed by atoms with Crippen molar-refractivity contribution in [1.82, 2.24) is 5.32 Å². The van der Waals surface area contributed by atoms with Gasteiger partial charge in [-0.25, -0.2) is 4.39 Å². The van der Waals surface area contributed by atoms with Crippen LogP contribution in [0.4, 0.5) is 10.1 Å². The molecule has 2 atom stereocenters. The van der Waals surface area contributed by atoms with Crippen LogP contribution in [0.15, 0.2) is 42.5 Å². The van der Waals surface area contributed by atoms with Crippen molar-refractivity contribution < 1.29 is 18.7 Å². The maximum Gasteiger partial charge on any atom is 0.227 e. The zero-order valence-electron chi connectivity index (χ0n) is 15.4. The van der Waals surface area contributed by atoms with Crippen LogP contribution in [-0.4, -0.2) is 18.9 Å².